The van der Waals surface area contributed by atoms with E-state index >= 15 is 0 Å². The van der Waals surface area contributed by atoms with E-state index in [1.807, 2.05) is 12.1 Å². The van der Waals surface area contributed by atoms with E-state index < -0.39 is 0 Å². The number of ether oxygens (including phenoxy) is 1. The molecule has 1 aliphatic rings. The van der Waals surface area contributed by atoms with Crippen molar-refractivity contribution < 1.29 is 4.74 Å². The van der Waals surface area contributed by atoms with Crippen molar-refractivity contribution >= 4 is 17.3 Å². The van der Waals surface area contributed by atoms with Gasteiger partial charge in [-0.05, 0) is 46.7 Å². The Kier molecular flexibility index (Phi) is 3.82. The van der Waals surface area contributed by atoms with Crippen LogP contribution in [-0.2, 0) is 11.8 Å². The van der Waals surface area contributed by atoms with E-state index in [1.54, 1.807) is 7.11 Å². The normalized spacial score (nSPS) is 17.0. The number of methoxy groups -OCH3 is 1. The molecule has 0 radical (unpaired) electrons. The maximum atomic E-state index is 6.25. The van der Waals surface area contributed by atoms with E-state index in [1.165, 1.54) is 22.4 Å². The van der Waals surface area contributed by atoms with Gasteiger partial charge in [0.05, 0.1) is 18.2 Å². The third-order valence-electron chi connectivity index (χ3n) is 4.30. The Morgan fingerprint density at radius 2 is 1.91 bits per heavy atom. The third kappa shape index (κ3) is 2.80. The summed E-state index contributed by atoms with van der Waals surface area (Å²) in [6.45, 7) is 6.74. The monoisotopic (exact) mass is 315 g/mol. The molecule has 1 unspecified atom stereocenters. The van der Waals surface area contributed by atoms with Gasteiger partial charge in [0, 0.05) is 5.69 Å². The van der Waals surface area contributed by atoms with Gasteiger partial charge in [-0.3, -0.25) is 0 Å². The summed E-state index contributed by atoms with van der Waals surface area (Å²) in [5, 5.41) is 4.25. The van der Waals surface area contributed by atoms with E-state index in [9.17, 15) is 0 Å². The predicted octanol–water partition coefficient (Wildman–Crippen LogP) is 5.36. The Balaban J connectivity index is 1.87. The SMILES string of the molecule is COc1ccc(C2Cc3cc(C(C)(C)C)ccc3N2)cc1Cl. The van der Waals surface area contributed by atoms with Crippen LogP contribution in [0.2, 0.25) is 5.02 Å². The number of hydrogen-bond acceptors (Lipinski definition) is 2. The van der Waals surface area contributed by atoms with Crippen molar-refractivity contribution in [2.75, 3.05) is 12.4 Å². The Labute approximate surface area is 137 Å². The molecule has 1 N–H and O–H groups in total. The highest BCUT2D eigenvalue weighted by Gasteiger charge is 2.24. The number of benzene rings is 2. The molecular weight excluding hydrogens is 294 g/mol. The summed E-state index contributed by atoms with van der Waals surface area (Å²) in [5.74, 6) is 0.718. The molecule has 2 nitrogen and oxygen atoms in total. The lowest BCUT2D eigenvalue weighted by molar-refractivity contribution is 0.415. The highest BCUT2D eigenvalue weighted by Crippen LogP contribution is 2.38. The summed E-state index contributed by atoms with van der Waals surface area (Å²) in [7, 11) is 1.64. The van der Waals surface area contributed by atoms with Crippen molar-refractivity contribution in [1.29, 1.82) is 0 Å². The van der Waals surface area contributed by atoms with Crippen molar-refractivity contribution in [2.24, 2.45) is 0 Å². The van der Waals surface area contributed by atoms with Crippen molar-refractivity contribution in [3.05, 3.63) is 58.1 Å². The molecule has 0 aliphatic carbocycles. The maximum Gasteiger partial charge on any atom is 0.137 e. The Morgan fingerprint density at radius 3 is 2.55 bits per heavy atom. The van der Waals surface area contributed by atoms with Crippen LogP contribution in [0.25, 0.3) is 0 Å². The zero-order valence-corrected chi connectivity index (χ0v) is 14.3. The molecule has 0 bridgehead atoms. The van der Waals surface area contributed by atoms with Gasteiger partial charge >= 0.3 is 0 Å². The molecular formula is C19H22ClNO. The van der Waals surface area contributed by atoms with Gasteiger partial charge in [-0.1, -0.05) is 50.6 Å². The molecule has 0 saturated heterocycles. The molecule has 0 saturated carbocycles. The predicted molar refractivity (Wildman–Crippen MR) is 93.2 cm³/mol. The minimum absolute atomic E-state index is 0.177. The second kappa shape index (κ2) is 5.51. The minimum Gasteiger partial charge on any atom is -0.495 e. The third-order valence-corrected chi connectivity index (χ3v) is 4.60. The fourth-order valence-corrected chi connectivity index (χ4v) is 3.20. The largest absolute Gasteiger partial charge is 0.495 e. The smallest absolute Gasteiger partial charge is 0.137 e. The number of halogens is 1. The van der Waals surface area contributed by atoms with Gasteiger partial charge in [0.25, 0.3) is 0 Å². The number of fused-ring (bicyclic) bond motifs is 1. The molecule has 0 fully saturated rings. The van der Waals surface area contributed by atoms with Gasteiger partial charge in [0.1, 0.15) is 5.75 Å². The van der Waals surface area contributed by atoms with Crippen LogP contribution in [0.1, 0.15) is 43.5 Å². The topological polar surface area (TPSA) is 21.3 Å². The van der Waals surface area contributed by atoms with Gasteiger partial charge in [0.2, 0.25) is 0 Å². The number of anilines is 1. The molecule has 3 heteroatoms. The van der Waals surface area contributed by atoms with Crippen LogP contribution < -0.4 is 10.1 Å². The number of hydrogen-bond donors (Lipinski definition) is 1. The second-order valence-electron chi connectivity index (χ2n) is 6.92. The van der Waals surface area contributed by atoms with Crippen LogP contribution in [0, 0.1) is 0 Å². The standard InChI is InChI=1S/C19H22ClNO/c1-19(2,3)14-6-7-16-13(9-14)11-17(21-16)12-5-8-18(22-4)15(20)10-12/h5-10,17,21H,11H2,1-4H3. The van der Waals surface area contributed by atoms with Gasteiger partial charge in [-0.25, -0.2) is 0 Å². The first-order chi connectivity index (χ1) is 10.4. The molecule has 1 heterocycles. The number of rotatable bonds is 2. The van der Waals surface area contributed by atoms with Crippen LogP contribution in [0.3, 0.4) is 0 Å². The molecule has 116 valence electrons. The molecule has 0 spiro atoms. The van der Waals surface area contributed by atoms with Gasteiger partial charge < -0.3 is 10.1 Å². The summed E-state index contributed by atoms with van der Waals surface area (Å²) in [6.07, 6.45) is 0.988. The molecule has 0 amide bonds. The highest BCUT2D eigenvalue weighted by atomic mass is 35.5. The molecule has 1 atom stereocenters. The lowest BCUT2D eigenvalue weighted by atomic mass is 9.85. The van der Waals surface area contributed by atoms with Gasteiger partial charge in [-0.2, -0.15) is 0 Å². The van der Waals surface area contributed by atoms with Crippen molar-refractivity contribution in [1.82, 2.24) is 0 Å². The van der Waals surface area contributed by atoms with Crippen LogP contribution in [0.5, 0.6) is 5.75 Å². The van der Waals surface area contributed by atoms with E-state index in [0.717, 1.165) is 12.2 Å². The zero-order valence-electron chi connectivity index (χ0n) is 13.5. The highest BCUT2D eigenvalue weighted by molar-refractivity contribution is 6.32. The average molecular weight is 316 g/mol. The summed E-state index contributed by atoms with van der Waals surface area (Å²) in [6, 6.07) is 13.0. The van der Waals surface area contributed by atoms with Crippen LogP contribution in [-0.4, -0.2) is 7.11 Å². The van der Waals surface area contributed by atoms with Crippen molar-refractivity contribution in [2.45, 2.75) is 38.6 Å². The van der Waals surface area contributed by atoms with Crippen LogP contribution in [0.15, 0.2) is 36.4 Å². The quantitative estimate of drug-likeness (QED) is 0.806. The minimum atomic E-state index is 0.177. The van der Waals surface area contributed by atoms with Crippen molar-refractivity contribution in [3.8, 4) is 5.75 Å². The summed E-state index contributed by atoms with van der Waals surface area (Å²) < 4.78 is 5.23. The average Bonchev–Trinajstić information content (AvgIpc) is 2.89. The van der Waals surface area contributed by atoms with E-state index in [2.05, 4.69) is 50.4 Å². The van der Waals surface area contributed by atoms with Gasteiger partial charge in [-0.15, -0.1) is 0 Å². The Hall–Kier alpha value is -1.67. The second-order valence-corrected chi connectivity index (χ2v) is 7.32. The Bertz CT molecular complexity index is 703. The molecule has 2 aromatic rings. The molecule has 2 aromatic carbocycles. The molecule has 3 rings (SSSR count). The fraction of sp³-hybridized carbons (Fsp3) is 0.368. The summed E-state index contributed by atoms with van der Waals surface area (Å²) >= 11 is 6.25. The van der Waals surface area contributed by atoms with E-state index in [4.69, 9.17) is 16.3 Å². The summed E-state index contributed by atoms with van der Waals surface area (Å²) in [5.41, 5.74) is 5.35. The first-order valence-electron chi connectivity index (χ1n) is 7.62. The molecule has 0 aromatic heterocycles. The van der Waals surface area contributed by atoms with Crippen LogP contribution >= 0.6 is 11.6 Å². The molecule has 22 heavy (non-hydrogen) atoms. The summed E-state index contributed by atoms with van der Waals surface area (Å²) in [4.78, 5) is 0. The lowest BCUT2D eigenvalue weighted by Crippen LogP contribution is -2.10. The van der Waals surface area contributed by atoms with Crippen LogP contribution in [0.4, 0.5) is 5.69 Å². The van der Waals surface area contributed by atoms with Gasteiger partial charge in [0.15, 0.2) is 0 Å². The van der Waals surface area contributed by atoms with E-state index in [0.29, 0.717) is 5.02 Å². The maximum absolute atomic E-state index is 6.25. The van der Waals surface area contributed by atoms with Crippen molar-refractivity contribution in [3.63, 3.8) is 0 Å². The van der Waals surface area contributed by atoms with E-state index in [-0.39, 0.29) is 11.5 Å². The first kappa shape index (κ1) is 15.2. The molecule has 1 aliphatic heterocycles. The first-order valence-corrected chi connectivity index (χ1v) is 7.99. The number of nitrogens with one attached hydrogen (secondary N) is 1. The lowest BCUT2D eigenvalue weighted by Gasteiger charge is -2.19. The zero-order chi connectivity index (χ0) is 15.9. The fourth-order valence-electron chi connectivity index (χ4n) is 2.93. The Morgan fingerprint density at radius 1 is 1.14 bits per heavy atom.